The molecular weight excluding hydrogens is 228 g/mol. The molecule has 18 heavy (non-hydrogen) atoms. The summed E-state index contributed by atoms with van der Waals surface area (Å²) in [6.45, 7) is 4.84. The Kier molecular flexibility index (Phi) is 2.98. The Morgan fingerprint density at radius 1 is 1.61 bits per heavy atom. The molecule has 2 atom stereocenters. The van der Waals surface area contributed by atoms with Crippen molar-refractivity contribution in [3.8, 4) is 0 Å². The van der Waals surface area contributed by atoms with Crippen molar-refractivity contribution in [1.29, 1.82) is 0 Å². The van der Waals surface area contributed by atoms with Crippen LogP contribution in [0.2, 0.25) is 0 Å². The van der Waals surface area contributed by atoms with Crippen molar-refractivity contribution < 1.29 is 14.1 Å². The molecular formula is C14H21N2O2+. The van der Waals surface area contributed by atoms with Crippen LogP contribution in [0, 0.1) is 0 Å². The first-order valence-corrected chi connectivity index (χ1v) is 6.97. The van der Waals surface area contributed by atoms with Gasteiger partial charge in [0.2, 0.25) is 5.84 Å². The van der Waals surface area contributed by atoms with Crippen LogP contribution in [0.3, 0.4) is 0 Å². The molecule has 0 fully saturated rings. The van der Waals surface area contributed by atoms with Gasteiger partial charge in [0.05, 0.1) is 25.9 Å². The summed E-state index contributed by atoms with van der Waals surface area (Å²) in [6, 6.07) is 0.187. The van der Waals surface area contributed by atoms with Gasteiger partial charge >= 0.3 is 0 Å². The van der Waals surface area contributed by atoms with E-state index in [2.05, 4.69) is 9.89 Å². The fourth-order valence-electron chi connectivity index (χ4n) is 3.49. The van der Waals surface area contributed by atoms with E-state index < -0.39 is 0 Å². The fourth-order valence-corrected chi connectivity index (χ4v) is 3.49. The van der Waals surface area contributed by atoms with Crippen LogP contribution in [0.5, 0.6) is 0 Å². The third-order valence-corrected chi connectivity index (χ3v) is 4.30. The smallest absolute Gasteiger partial charge is 0.245 e. The normalized spacial score (nSPS) is 34.9. The number of fused-ring (bicyclic) bond motifs is 2. The number of allylic oxidation sites excluding steroid dienone is 1. The van der Waals surface area contributed by atoms with Gasteiger partial charge in [0, 0.05) is 13.0 Å². The molecule has 1 aliphatic carbocycles. The first-order valence-electron chi connectivity index (χ1n) is 6.97. The molecule has 3 aliphatic rings. The second-order valence-corrected chi connectivity index (χ2v) is 5.33. The predicted molar refractivity (Wildman–Crippen MR) is 68.9 cm³/mol. The second-order valence-electron chi connectivity index (χ2n) is 5.33. The SMILES string of the molecule is CCO[C@]12C=CC(=O)C[C@H]1[N+]1=C(CC2)NCCC1. The van der Waals surface area contributed by atoms with Crippen LogP contribution in [0.25, 0.3) is 0 Å². The quantitative estimate of drug-likeness (QED) is 0.738. The molecule has 0 unspecified atom stereocenters. The summed E-state index contributed by atoms with van der Waals surface area (Å²) in [5.41, 5.74) is -0.245. The maximum Gasteiger partial charge on any atom is 0.245 e. The van der Waals surface area contributed by atoms with Crippen LogP contribution in [0.1, 0.15) is 32.6 Å². The summed E-state index contributed by atoms with van der Waals surface area (Å²) in [7, 11) is 0. The number of nitrogens with one attached hydrogen (secondary N) is 1. The topological polar surface area (TPSA) is 41.3 Å². The number of amidine groups is 1. The van der Waals surface area contributed by atoms with Gasteiger partial charge in [0.1, 0.15) is 11.6 Å². The standard InChI is InChI=1S/C14H20N2O2/c1-2-18-14-6-4-11(17)10-12(14)16-9-3-8-15-13(16)5-7-14/h4,6,12H,2-3,5,7-10H2,1H3/p+1/t12-,14+/m1/s1. The second kappa shape index (κ2) is 4.50. The molecule has 0 aromatic heterocycles. The Morgan fingerprint density at radius 2 is 2.50 bits per heavy atom. The maximum absolute atomic E-state index is 11.7. The number of rotatable bonds is 2. The van der Waals surface area contributed by atoms with Crippen LogP contribution >= 0.6 is 0 Å². The van der Waals surface area contributed by atoms with E-state index in [-0.39, 0.29) is 17.4 Å². The minimum atomic E-state index is -0.245. The van der Waals surface area contributed by atoms with Gasteiger partial charge < -0.3 is 4.74 Å². The molecule has 98 valence electrons. The molecule has 3 rings (SSSR count). The molecule has 2 aliphatic heterocycles. The van der Waals surface area contributed by atoms with Crippen LogP contribution in [-0.2, 0) is 9.53 Å². The van der Waals surface area contributed by atoms with Gasteiger partial charge in [0.15, 0.2) is 5.78 Å². The number of hydrogen-bond donors (Lipinski definition) is 1. The minimum Gasteiger partial charge on any atom is -0.367 e. The number of ketones is 1. The molecule has 2 heterocycles. The molecule has 0 saturated heterocycles. The molecule has 0 amide bonds. The minimum absolute atomic E-state index is 0.187. The number of carbonyl (C=O) groups is 1. The van der Waals surface area contributed by atoms with Gasteiger partial charge in [-0.15, -0.1) is 0 Å². The van der Waals surface area contributed by atoms with Gasteiger partial charge in [-0.2, -0.15) is 0 Å². The fraction of sp³-hybridized carbons (Fsp3) is 0.714. The van der Waals surface area contributed by atoms with Gasteiger partial charge in [-0.1, -0.05) is 0 Å². The summed E-state index contributed by atoms with van der Waals surface area (Å²) in [5, 5.41) is 3.48. The largest absolute Gasteiger partial charge is 0.367 e. The zero-order chi connectivity index (χ0) is 12.6. The van der Waals surface area contributed by atoms with Gasteiger partial charge in [-0.3, -0.25) is 14.7 Å². The Bertz CT molecular complexity index is 428. The van der Waals surface area contributed by atoms with E-state index in [4.69, 9.17) is 4.74 Å². The number of carbonyl (C=O) groups excluding carboxylic acids is 1. The first kappa shape index (κ1) is 11.9. The lowest BCUT2D eigenvalue weighted by molar-refractivity contribution is -0.594. The van der Waals surface area contributed by atoms with Crippen molar-refractivity contribution in [2.45, 2.75) is 44.2 Å². The number of hydrogen-bond acceptors (Lipinski definition) is 3. The van der Waals surface area contributed by atoms with E-state index in [1.165, 1.54) is 5.84 Å². The highest BCUT2D eigenvalue weighted by Crippen LogP contribution is 2.35. The lowest BCUT2D eigenvalue weighted by atomic mass is 9.78. The number of ether oxygens (including phenoxy) is 1. The highest BCUT2D eigenvalue weighted by molar-refractivity contribution is 5.92. The van der Waals surface area contributed by atoms with E-state index >= 15 is 0 Å². The molecule has 0 aromatic rings. The van der Waals surface area contributed by atoms with Crippen molar-refractivity contribution in [2.75, 3.05) is 19.7 Å². The highest BCUT2D eigenvalue weighted by Gasteiger charge is 2.50. The van der Waals surface area contributed by atoms with Gasteiger partial charge in [-0.05, 0) is 25.5 Å². The summed E-state index contributed by atoms with van der Waals surface area (Å²) in [5.74, 6) is 1.53. The Balaban J connectivity index is 2.00. The molecule has 0 aromatic carbocycles. The molecule has 0 saturated carbocycles. The van der Waals surface area contributed by atoms with E-state index in [1.54, 1.807) is 6.08 Å². The Labute approximate surface area is 108 Å². The zero-order valence-electron chi connectivity index (χ0n) is 10.9. The van der Waals surface area contributed by atoms with Crippen molar-refractivity contribution >= 4 is 11.6 Å². The van der Waals surface area contributed by atoms with Gasteiger partial charge in [-0.25, -0.2) is 0 Å². The predicted octanol–water partition coefficient (Wildman–Crippen LogP) is 0.857. The van der Waals surface area contributed by atoms with Crippen LogP contribution in [0.4, 0.5) is 0 Å². The van der Waals surface area contributed by atoms with Crippen molar-refractivity contribution in [3.63, 3.8) is 0 Å². The van der Waals surface area contributed by atoms with Crippen molar-refractivity contribution in [3.05, 3.63) is 12.2 Å². The average Bonchev–Trinajstić information content (AvgIpc) is 2.40. The van der Waals surface area contributed by atoms with Crippen molar-refractivity contribution in [1.82, 2.24) is 5.32 Å². The van der Waals surface area contributed by atoms with E-state index in [1.807, 2.05) is 13.0 Å². The van der Waals surface area contributed by atoms with Crippen LogP contribution in [-0.4, -0.2) is 47.5 Å². The van der Waals surface area contributed by atoms with Crippen LogP contribution < -0.4 is 5.32 Å². The third kappa shape index (κ3) is 1.79. The van der Waals surface area contributed by atoms with E-state index in [0.29, 0.717) is 13.0 Å². The van der Waals surface area contributed by atoms with E-state index in [0.717, 1.165) is 32.4 Å². The molecule has 4 heteroatoms. The summed E-state index contributed by atoms with van der Waals surface area (Å²) in [6.07, 6.45) is 7.46. The Morgan fingerprint density at radius 3 is 3.33 bits per heavy atom. The molecule has 0 spiro atoms. The highest BCUT2D eigenvalue weighted by atomic mass is 16.5. The zero-order valence-corrected chi connectivity index (χ0v) is 10.9. The molecule has 0 radical (unpaired) electrons. The molecule has 0 bridgehead atoms. The summed E-state index contributed by atoms with van der Waals surface area (Å²) >= 11 is 0. The average molecular weight is 249 g/mol. The monoisotopic (exact) mass is 249 g/mol. The number of nitrogens with zero attached hydrogens (tertiary/aromatic N) is 1. The molecule has 1 N–H and O–H groups in total. The van der Waals surface area contributed by atoms with Crippen LogP contribution in [0.15, 0.2) is 12.2 Å². The van der Waals surface area contributed by atoms with E-state index in [9.17, 15) is 4.79 Å². The molecule has 4 nitrogen and oxygen atoms in total. The lowest BCUT2D eigenvalue weighted by Crippen LogP contribution is -2.60. The summed E-state index contributed by atoms with van der Waals surface area (Å²) < 4.78 is 8.43. The lowest BCUT2D eigenvalue weighted by Gasteiger charge is -2.44. The summed E-state index contributed by atoms with van der Waals surface area (Å²) in [4.78, 5) is 11.7. The maximum atomic E-state index is 11.7. The first-order chi connectivity index (χ1) is 8.75. The van der Waals surface area contributed by atoms with Crippen molar-refractivity contribution in [2.24, 2.45) is 0 Å². The Hall–Kier alpha value is -1.16. The van der Waals surface area contributed by atoms with Gasteiger partial charge in [0.25, 0.3) is 0 Å². The third-order valence-electron chi connectivity index (χ3n) is 4.30.